The largest absolute Gasteiger partial charge is 0.497 e. The second-order valence-corrected chi connectivity index (χ2v) is 11.3. The van der Waals surface area contributed by atoms with Gasteiger partial charge in [0.15, 0.2) is 0 Å². The molecule has 1 aromatic heterocycles. The number of ether oxygens (including phenoxy) is 2. The van der Waals surface area contributed by atoms with Gasteiger partial charge in [0.05, 0.1) is 19.3 Å². The highest BCUT2D eigenvalue weighted by atomic mass is 32.1. The number of methoxy groups -OCH3 is 1. The van der Waals surface area contributed by atoms with E-state index >= 15 is 0 Å². The molecule has 2 amide bonds. The minimum absolute atomic E-state index is 0.185. The van der Waals surface area contributed by atoms with E-state index in [1.54, 1.807) is 7.11 Å². The summed E-state index contributed by atoms with van der Waals surface area (Å²) in [6.07, 6.45) is 6.58. The highest BCUT2D eigenvalue weighted by molar-refractivity contribution is 7.17. The first-order chi connectivity index (χ1) is 18.9. The van der Waals surface area contributed by atoms with E-state index in [1.165, 1.54) is 21.8 Å². The van der Waals surface area contributed by atoms with Gasteiger partial charge in [-0.05, 0) is 72.8 Å². The molecule has 2 N–H and O–H groups in total. The van der Waals surface area contributed by atoms with Crippen molar-refractivity contribution in [2.75, 3.05) is 25.6 Å². The number of rotatable bonds is 10. The molecule has 4 rings (SSSR count). The Bertz CT molecular complexity index is 1280. The molecule has 39 heavy (non-hydrogen) atoms. The third-order valence-electron chi connectivity index (χ3n) is 7.25. The molecule has 0 radical (unpaired) electrons. The summed E-state index contributed by atoms with van der Waals surface area (Å²) in [6, 6.07) is 17.8. The fourth-order valence-corrected chi connectivity index (χ4v) is 6.54. The molecule has 0 spiro atoms. The average Bonchev–Trinajstić information content (AvgIpc) is 3.30. The molecular formula is C32H38N2O4S. The summed E-state index contributed by atoms with van der Waals surface area (Å²) in [5.74, 6) is 1.66. The van der Waals surface area contributed by atoms with E-state index in [9.17, 15) is 9.59 Å². The van der Waals surface area contributed by atoms with Gasteiger partial charge in [-0.25, -0.2) is 9.59 Å². The number of benzene rings is 2. The van der Waals surface area contributed by atoms with Crippen molar-refractivity contribution in [1.82, 2.24) is 5.32 Å². The number of esters is 1. The van der Waals surface area contributed by atoms with Crippen LogP contribution in [0.3, 0.4) is 0 Å². The quantitative estimate of drug-likeness (QED) is 0.261. The average molecular weight is 547 g/mol. The molecule has 7 heteroatoms. The predicted molar refractivity (Wildman–Crippen MR) is 159 cm³/mol. The van der Waals surface area contributed by atoms with Crippen LogP contribution in [0, 0.1) is 11.8 Å². The highest BCUT2D eigenvalue weighted by Gasteiger charge is 2.36. The zero-order chi connectivity index (χ0) is 27.8. The second-order valence-electron chi connectivity index (χ2n) is 10.2. The Kier molecular flexibility index (Phi) is 9.82. The third kappa shape index (κ3) is 7.30. The Morgan fingerprint density at radius 1 is 1.10 bits per heavy atom. The van der Waals surface area contributed by atoms with E-state index in [4.69, 9.17) is 9.47 Å². The Hall–Kier alpha value is -3.58. The summed E-state index contributed by atoms with van der Waals surface area (Å²) in [6.45, 7) is 6.97. The SMILES string of the molecule is CCOC(=O)c1c(NC(=O)NC/C=C/c2ccc(OC)cc2)sc2c1C(Cc1ccccc1)CC(C(C)C)C2. The van der Waals surface area contributed by atoms with Gasteiger partial charge in [0.1, 0.15) is 10.8 Å². The molecule has 3 aromatic rings. The summed E-state index contributed by atoms with van der Waals surface area (Å²) in [7, 11) is 1.64. The molecule has 1 heterocycles. The minimum Gasteiger partial charge on any atom is -0.497 e. The van der Waals surface area contributed by atoms with Crippen molar-refractivity contribution < 1.29 is 19.1 Å². The zero-order valence-electron chi connectivity index (χ0n) is 23.2. The van der Waals surface area contributed by atoms with Crippen LogP contribution in [0.5, 0.6) is 5.75 Å². The van der Waals surface area contributed by atoms with E-state index in [0.717, 1.165) is 36.1 Å². The first kappa shape index (κ1) is 28.4. The van der Waals surface area contributed by atoms with Crippen LogP contribution in [0.1, 0.15) is 65.0 Å². The number of hydrogen-bond acceptors (Lipinski definition) is 5. The topological polar surface area (TPSA) is 76.7 Å². The first-order valence-electron chi connectivity index (χ1n) is 13.6. The van der Waals surface area contributed by atoms with Crippen molar-refractivity contribution >= 4 is 34.4 Å². The molecule has 0 fully saturated rings. The smallest absolute Gasteiger partial charge is 0.341 e. The van der Waals surface area contributed by atoms with E-state index in [1.807, 2.05) is 49.4 Å². The third-order valence-corrected chi connectivity index (χ3v) is 8.39. The van der Waals surface area contributed by atoms with Gasteiger partial charge < -0.3 is 14.8 Å². The molecule has 2 unspecified atom stereocenters. The number of urea groups is 1. The Labute approximate surface area is 235 Å². The molecule has 206 valence electrons. The summed E-state index contributed by atoms with van der Waals surface area (Å²) in [5, 5.41) is 6.41. The molecule has 2 atom stereocenters. The van der Waals surface area contributed by atoms with Gasteiger partial charge in [0.2, 0.25) is 0 Å². The number of amides is 2. The lowest BCUT2D eigenvalue weighted by atomic mass is 9.73. The lowest BCUT2D eigenvalue weighted by Gasteiger charge is -2.32. The van der Waals surface area contributed by atoms with Gasteiger partial charge >= 0.3 is 12.0 Å². The predicted octanol–water partition coefficient (Wildman–Crippen LogP) is 7.31. The maximum absolute atomic E-state index is 13.2. The molecule has 0 aliphatic heterocycles. The molecule has 0 saturated carbocycles. The fourth-order valence-electron chi connectivity index (χ4n) is 5.17. The van der Waals surface area contributed by atoms with Crippen molar-refractivity contribution in [3.8, 4) is 5.75 Å². The van der Waals surface area contributed by atoms with Gasteiger partial charge in [-0.1, -0.05) is 68.5 Å². The van der Waals surface area contributed by atoms with Crippen molar-refractivity contribution in [3.63, 3.8) is 0 Å². The van der Waals surface area contributed by atoms with Crippen molar-refractivity contribution in [1.29, 1.82) is 0 Å². The van der Waals surface area contributed by atoms with E-state index in [0.29, 0.717) is 28.9 Å². The van der Waals surface area contributed by atoms with Crippen LogP contribution in [-0.4, -0.2) is 32.3 Å². The van der Waals surface area contributed by atoms with Crippen LogP contribution >= 0.6 is 11.3 Å². The monoisotopic (exact) mass is 546 g/mol. The van der Waals surface area contributed by atoms with Gasteiger partial charge in [-0.2, -0.15) is 0 Å². The molecular weight excluding hydrogens is 508 g/mol. The van der Waals surface area contributed by atoms with E-state index in [-0.39, 0.29) is 24.5 Å². The minimum atomic E-state index is -0.370. The number of thiophene rings is 1. The van der Waals surface area contributed by atoms with Gasteiger partial charge in [0.25, 0.3) is 0 Å². The summed E-state index contributed by atoms with van der Waals surface area (Å²) < 4.78 is 10.7. The molecule has 0 bridgehead atoms. The zero-order valence-corrected chi connectivity index (χ0v) is 24.0. The second kappa shape index (κ2) is 13.5. The number of nitrogens with one attached hydrogen (secondary N) is 2. The number of anilines is 1. The Morgan fingerprint density at radius 2 is 1.85 bits per heavy atom. The number of carbonyl (C=O) groups excluding carboxylic acids is 2. The van der Waals surface area contributed by atoms with E-state index < -0.39 is 0 Å². The summed E-state index contributed by atoms with van der Waals surface area (Å²) >= 11 is 1.52. The lowest BCUT2D eigenvalue weighted by Crippen LogP contribution is -2.29. The summed E-state index contributed by atoms with van der Waals surface area (Å²) in [5.41, 5.74) is 3.82. The van der Waals surface area contributed by atoms with Crippen molar-refractivity contribution in [3.05, 3.63) is 87.8 Å². The highest BCUT2D eigenvalue weighted by Crippen LogP contribution is 2.48. The molecule has 1 aliphatic rings. The lowest BCUT2D eigenvalue weighted by molar-refractivity contribution is 0.0525. The number of carbonyl (C=O) groups is 2. The van der Waals surface area contributed by atoms with Crippen LogP contribution in [0.4, 0.5) is 9.80 Å². The van der Waals surface area contributed by atoms with Crippen LogP contribution in [0.25, 0.3) is 6.08 Å². The molecule has 2 aromatic carbocycles. The maximum atomic E-state index is 13.2. The maximum Gasteiger partial charge on any atom is 0.341 e. The van der Waals surface area contributed by atoms with Gasteiger partial charge in [-0.15, -0.1) is 11.3 Å². The van der Waals surface area contributed by atoms with Crippen molar-refractivity contribution in [2.24, 2.45) is 11.8 Å². The standard InChI is InChI=1S/C32H38N2O4S/c1-5-38-31(35)29-28-25(18-23-10-7-6-8-11-23)19-24(21(2)3)20-27(28)39-30(29)34-32(36)33-17-9-12-22-13-15-26(37-4)16-14-22/h6-16,21,24-25H,5,17-20H2,1-4H3,(H2,33,34,36)/b12-9+. The Balaban J connectivity index is 1.54. The normalized spacial score (nSPS) is 16.6. The van der Waals surface area contributed by atoms with Gasteiger partial charge in [0, 0.05) is 11.4 Å². The number of hydrogen-bond donors (Lipinski definition) is 2. The van der Waals surface area contributed by atoms with Crippen molar-refractivity contribution in [2.45, 2.75) is 46.0 Å². The van der Waals surface area contributed by atoms with Gasteiger partial charge in [-0.3, -0.25) is 5.32 Å². The number of fused-ring (bicyclic) bond motifs is 1. The van der Waals surface area contributed by atoms with Crippen LogP contribution in [0.15, 0.2) is 60.7 Å². The fraction of sp³-hybridized carbons (Fsp3) is 0.375. The first-order valence-corrected chi connectivity index (χ1v) is 14.4. The van der Waals surface area contributed by atoms with E-state index in [2.05, 4.69) is 48.7 Å². The van der Waals surface area contributed by atoms with Crippen LogP contribution in [0.2, 0.25) is 0 Å². The molecule has 0 saturated heterocycles. The molecule has 6 nitrogen and oxygen atoms in total. The van der Waals surface area contributed by atoms with Crippen LogP contribution < -0.4 is 15.4 Å². The van der Waals surface area contributed by atoms with Crippen LogP contribution in [-0.2, 0) is 17.6 Å². The molecule has 1 aliphatic carbocycles. The summed E-state index contributed by atoms with van der Waals surface area (Å²) in [4.78, 5) is 27.3. The Morgan fingerprint density at radius 3 is 2.51 bits per heavy atom.